The van der Waals surface area contributed by atoms with Gasteiger partial charge in [-0.2, -0.15) is 5.10 Å². The SMILES string of the molecule is C[C@@H](CO)NC(=O)Cn1cc([N+](=O)[O-])cn1. The Morgan fingerprint density at radius 1 is 1.81 bits per heavy atom. The van der Waals surface area contributed by atoms with E-state index in [4.69, 9.17) is 5.11 Å². The summed E-state index contributed by atoms with van der Waals surface area (Å²) in [4.78, 5) is 21.1. The Balaban J connectivity index is 2.53. The van der Waals surface area contributed by atoms with Gasteiger partial charge >= 0.3 is 5.69 Å². The molecule has 0 spiro atoms. The lowest BCUT2D eigenvalue weighted by Crippen LogP contribution is -2.37. The van der Waals surface area contributed by atoms with Gasteiger partial charge in [0, 0.05) is 6.04 Å². The van der Waals surface area contributed by atoms with Crippen LogP contribution in [0.1, 0.15) is 6.92 Å². The van der Waals surface area contributed by atoms with Crippen molar-refractivity contribution in [1.82, 2.24) is 15.1 Å². The van der Waals surface area contributed by atoms with Gasteiger partial charge in [-0.25, -0.2) is 0 Å². The molecule has 0 aliphatic rings. The number of amides is 1. The molecule has 0 saturated carbocycles. The Hall–Kier alpha value is -1.96. The molecule has 0 aromatic carbocycles. The predicted octanol–water partition coefficient (Wildman–Crippen LogP) is -0.712. The van der Waals surface area contributed by atoms with Crippen molar-refractivity contribution >= 4 is 11.6 Å². The highest BCUT2D eigenvalue weighted by Gasteiger charge is 2.12. The summed E-state index contributed by atoms with van der Waals surface area (Å²) in [5, 5.41) is 25.2. The second kappa shape index (κ2) is 5.21. The van der Waals surface area contributed by atoms with E-state index in [2.05, 4.69) is 10.4 Å². The number of aromatic nitrogens is 2. The van der Waals surface area contributed by atoms with Crippen LogP contribution < -0.4 is 5.32 Å². The number of aliphatic hydroxyl groups is 1. The van der Waals surface area contributed by atoms with E-state index in [1.54, 1.807) is 6.92 Å². The molecule has 0 saturated heterocycles. The van der Waals surface area contributed by atoms with Crippen LogP contribution in [0, 0.1) is 10.1 Å². The van der Waals surface area contributed by atoms with Crippen LogP contribution in [0.3, 0.4) is 0 Å². The third-order valence-electron chi connectivity index (χ3n) is 1.82. The molecule has 1 aromatic heterocycles. The van der Waals surface area contributed by atoms with E-state index < -0.39 is 4.92 Å². The van der Waals surface area contributed by atoms with Crippen molar-refractivity contribution in [1.29, 1.82) is 0 Å². The summed E-state index contributed by atoms with van der Waals surface area (Å²) >= 11 is 0. The fourth-order valence-corrected chi connectivity index (χ4v) is 1.05. The normalized spacial score (nSPS) is 12.1. The first-order chi connectivity index (χ1) is 7.52. The van der Waals surface area contributed by atoms with Crippen molar-refractivity contribution in [3.05, 3.63) is 22.5 Å². The van der Waals surface area contributed by atoms with Gasteiger partial charge in [0.2, 0.25) is 5.91 Å². The number of carbonyl (C=O) groups excluding carboxylic acids is 1. The molecule has 0 aliphatic carbocycles. The van der Waals surface area contributed by atoms with Gasteiger partial charge in [0.05, 0.1) is 11.5 Å². The summed E-state index contributed by atoms with van der Waals surface area (Å²) in [6, 6.07) is -0.349. The Bertz CT molecular complexity index is 389. The molecule has 0 unspecified atom stereocenters. The summed E-state index contributed by atoms with van der Waals surface area (Å²) in [6.07, 6.45) is 2.24. The molecule has 88 valence electrons. The number of hydrogen-bond acceptors (Lipinski definition) is 5. The predicted molar refractivity (Wildman–Crippen MR) is 53.6 cm³/mol. The minimum Gasteiger partial charge on any atom is -0.394 e. The highest BCUT2D eigenvalue weighted by Crippen LogP contribution is 2.07. The van der Waals surface area contributed by atoms with E-state index in [1.165, 1.54) is 6.20 Å². The Morgan fingerprint density at radius 2 is 2.50 bits per heavy atom. The zero-order valence-corrected chi connectivity index (χ0v) is 8.66. The van der Waals surface area contributed by atoms with Gasteiger partial charge in [0.15, 0.2) is 0 Å². The number of rotatable bonds is 5. The molecule has 0 radical (unpaired) electrons. The molecule has 2 N–H and O–H groups in total. The largest absolute Gasteiger partial charge is 0.394 e. The number of carbonyl (C=O) groups is 1. The van der Waals surface area contributed by atoms with Gasteiger partial charge in [-0.15, -0.1) is 0 Å². The topological polar surface area (TPSA) is 110 Å². The van der Waals surface area contributed by atoms with E-state index in [0.717, 1.165) is 10.9 Å². The van der Waals surface area contributed by atoms with Crippen LogP contribution in [0.2, 0.25) is 0 Å². The van der Waals surface area contributed by atoms with Gasteiger partial charge in [-0.05, 0) is 6.92 Å². The highest BCUT2D eigenvalue weighted by atomic mass is 16.6. The quantitative estimate of drug-likeness (QED) is 0.510. The van der Waals surface area contributed by atoms with Crippen molar-refractivity contribution in [3.8, 4) is 0 Å². The smallest absolute Gasteiger partial charge is 0.307 e. The third-order valence-corrected chi connectivity index (χ3v) is 1.82. The standard InChI is InChI=1S/C8H12N4O4/c1-6(5-13)10-8(14)4-11-3-7(2-9-11)12(15)16/h2-3,6,13H,4-5H2,1H3,(H,10,14)/t6-/m0/s1. The summed E-state index contributed by atoms with van der Waals surface area (Å²) in [5.41, 5.74) is -0.164. The number of hydrogen-bond donors (Lipinski definition) is 2. The van der Waals surface area contributed by atoms with E-state index >= 15 is 0 Å². The number of aliphatic hydroxyl groups excluding tert-OH is 1. The maximum Gasteiger partial charge on any atom is 0.307 e. The molecule has 1 aromatic rings. The third kappa shape index (κ3) is 3.31. The van der Waals surface area contributed by atoms with Crippen molar-refractivity contribution < 1.29 is 14.8 Å². The van der Waals surface area contributed by atoms with Crippen LogP contribution in [-0.4, -0.2) is 38.4 Å². The van der Waals surface area contributed by atoms with E-state index in [0.29, 0.717) is 0 Å². The molecule has 8 nitrogen and oxygen atoms in total. The second-order valence-electron chi connectivity index (χ2n) is 3.30. The molecule has 0 bridgehead atoms. The van der Waals surface area contributed by atoms with E-state index in [1.807, 2.05) is 0 Å². The van der Waals surface area contributed by atoms with Crippen LogP contribution >= 0.6 is 0 Å². The van der Waals surface area contributed by atoms with Crippen molar-refractivity contribution in [3.63, 3.8) is 0 Å². The van der Waals surface area contributed by atoms with Crippen LogP contribution in [0.4, 0.5) is 5.69 Å². The second-order valence-corrected chi connectivity index (χ2v) is 3.30. The lowest BCUT2D eigenvalue weighted by Gasteiger charge is -2.10. The molecular weight excluding hydrogens is 216 g/mol. The Kier molecular flexibility index (Phi) is 3.95. The molecule has 0 aliphatic heterocycles. The maximum atomic E-state index is 11.3. The number of nitro groups is 1. The van der Waals surface area contributed by atoms with Crippen LogP contribution in [0.15, 0.2) is 12.4 Å². The van der Waals surface area contributed by atoms with Gasteiger partial charge in [0.1, 0.15) is 18.9 Å². The van der Waals surface area contributed by atoms with Gasteiger partial charge in [-0.3, -0.25) is 19.6 Å². The van der Waals surface area contributed by atoms with Gasteiger partial charge < -0.3 is 10.4 Å². The minimum atomic E-state index is -0.586. The zero-order chi connectivity index (χ0) is 12.1. The molecule has 16 heavy (non-hydrogen) atoms. The maximum absolute atomic E-state index is 11.3. The van der Waals surface area contributed by atoms with E-state index in [-0.39, 0.29) is 30.8 Å². The molecule has 1 amide bonds. The van der Waals surface area contributed by atoms with Crippen molar-refractivity contribution in [2.45, 2.75) is 19.5 Å². The molecule has 1 atom stereocenters. The van der Waals surface area contributed by atoms with Crippen LogP contribution in [-0.2, 0) is 11.3 Å². The summed E-state index contributed by atoms with van der Waals surface area (Å²) in [5.74, 6) is -0.362. The minimum absolute atomic E-state index is 0.113. The first-order valence-electron chi connectivity index (χ1n) is 4.60. The number of nitrogens with one attached hydrogen (secondary N) is 1. The lowest BCUT2D eigenvalue weighted by atomic mass is 10.3. The first-order valence-corrected chi connectivity index (χ1v) is 4.60. The monoisotopic (exact) mass is 228 g/mol. The molecular formula is C8H12N4O4. The molecule has 1 heterocycles. The van der Waals surface area contributed by atoms with E-state index in [9.17, 15) is 14.9 Å². The number of nitrogens with zero attached hydrogens (tertiary/aromatic N) is 3. The Morgan fingerprint density at radius 3 is 3.00 bits per heavy atom. The highest BCUT2D eigenvalue weighted by molar-refractivity contribution is 5.75. The summed E-state index contributed by atoms with van der Waals surface area (Å²) in [6.45, 7) is 1.37. The average molecular weight is 228 g/mol. The van der Waals surface area contributed by atoms with Gasteiger partial charge in [0.25, 0.3) is 0 Å². The zero-order valence-electron chi connectivity index (χ0n) is 8.66. The van der Waals surface area contributed by atoms with Crippen LogP contribution in [0.5, 0.6) is 0 Å². The lowest BCUT2D eigenvalue weighted by molar-refractivity contribution is -0.385. The molecule has 0 fully saturated rings. The summed E-state index contributed by atoms with van der Waals surface area (Å²) in [7, 11) is 0. The fraction of sp³-hybridized carbons (Fsp3) is 0.500. The molecule has 8 heteroatoms. The van der Waals surface area contributed by atoms with Crippen molar-refractivity contribution in [2.24, 2.45) is 0 Å². The summed E-state index contributed by atoms with van der Waals surface area (Å²) < 4.78 is 1.16. The van der Waals surface area contributed by atoms with Crippen LogP contribution in [0.25, 0.3) is 0 Å². The first kappa shape index (κ1) is 12.1. The van der Waals surface area contributed by atoms with Gasteiger partial charge in [-0.1, -0.05) is 0 Å². The fourth-order valence-electron chi connectivity index (χ4n) is 1.05. The average Bonchev–Trinajstić information content (AvgIpc) is 2.65. The Labute approximate surface area is 91.0 Å². The molecule has 1 rings (SSSR count). The van der Waals surface area contributed by atoms with Crippen molar-refractivity contribution in [2.75, 3.05) is 6.61 Å².